The number of nitrogens with zero attached hydrogens (tertiary/aromatic N) is 9. The fraction of sp³-hybridized carbons (Fsp3) is 0.0889. The van der Waals surface area contributed by atoms with Gasteiger partial charge in [0.25, 0.3) is 20.2 Å². The number of sulfonamides is 2. The van der Waals surface area contributed by atoms with Crippen LogP contribution in [0.2, 0.25) is 5.28 Å². The quantitative estimate of drug-likeness (QED) is 0.0379. The van der Waals surface area contributed by atoms with Crippen molar-refractivity contribution in [3.63, 3.8) is 0 Å². The maximum absolute atomic E-state index is 14.0. The molecule has 10 N–H and O–H groups in total. The molecular weight excluding hydrogens is 1300 g/mol. The van der Waals surface area contributed by atoms with Crippen molar-refractivity contribution in [1.29, 1.82) is 0 Å². The molecule has 2 aliphatic heterocycles. The number of benzene rings is 5. The van der Waals surface area contributed by atoms with Crippen LogP contribution in [0.3, 0.4) is 0 Å². The Hall–Kier alpha value is -7.66. The van der Waals surface area contributed by atoms with Crippen LogP contribution in [-0.2, 0) is 81.8 Å². The first-order valence-corrected chi connectivity index (χ1v) is 32.5. The van der Waals surface area contributed by atoms with Crippen molar-refractivity contribution in [2.75, 3.05) is 36.1 Å². The predicted octanol–water partition coefficient (Wildman–Crippen LogP) is 3.57. The second-order valence-corrected chi connectivity index (χ2v) is 27.4. The van der Waals surface area contributed by atoms with Crippen molar-refractivity contribution in [1.82, 2.24) is 59.5 Å². The van der Waals surface area contributed by atoms with Crippen LogP contribution >= 0.6 is 11.6 Å². The molecule has 0 saturated heterocycles. The fourth-order valence-electron chi connectivity index (χ4n) is 8.55. The minimum Gasteiger partial charge on any atom is -0.353 e. The number of aromatic nitrogens is 11. The van der Waals surface area contributed by atoms with Gasteiger partial charge in [-0.1, -0.05) is 0 Å². The summed E-state index contributed by atoms with van der Waals surface area (Å²) in [5.41, 5.74) is 0.664. The zero-order valence-electron chi connectivity index (χ0n) is 41.4. The Kier molecular flexibility index (Phi) is 15.4. The summed E-state index contributed by atoms with van der Waals surface area (Å²) >= 11 is 6.15. The molecule has 1 radical (unpaired) electrons. The van der Waals surface area contributed by atoms with Gasteiger partial charge in [0, 0.05) is 79.6 Å². The first-order chi connectivity index (χ1) is 39.0. The molecule has 0 fully saturated rings. The van der Waals surface area contributed by atoms with Crippen LogP contribution in [0.15, 0.2) is 122 Å². The summed E-state index contributed by atoms with van der Waals surface area (Å²) in [5.74, 6) is -1.48. The molecule has 0 spiro atoms. The van der Waals surface area contributed by atoms with Crippen LogP contribution in [0.5, 0.6) is 0 Å². The standard InChI is InChI=1S/C45H34ClN15O16S6.Cu/c46-43-59-44(61-45(60-43)50-21-1-3-22(4-2-21)78(62,63)16-15-77-83(74,75)76)48-13-14-49-80(66,67)24-6-10-28-32(18-24)40-53-35-27-9-5-23(79(47,64)65)17-31(27)39(51-35)52-37-29-11-7-25(81(68,69)70)19-33(29)42(56-37)58-38-30-12-8-26(82(71,72)73)20-34(30)41(57-38)55-36(28)54-40;/h1-12,17-20,49H,13-16H2,(H2,47,64,65)(H,68,69,70)(H,71,72,73)(H,74,75,76)(H2,48,50,59,60,61)(H2,51,52,53,54,55,56,57,58);. The molecule has 39 heteroatoms. The second-order valence-electron chi connectivity index (χ2n) is 17.7. The van der Waals surface area contributed by atoms with Crippen molar-refractivity contribution in [3.8, 4) is 45.6 Å². The summed E-state index contributed by atoms with van der Waals surface area (Å²) in [5, 5.41) is 11.6. The van der Waals surface area contributed by atoms with Gasteiger partial charge in [0.15, 0.2) is 33.1 Å². The number of sulfone groups is 1. The molecule has 11 rings (SSSR count). The van der Waals surface area contributed by atoms with E-state index >= 15 is 0 Å². The molecule has 2 aliphatic rings. The zero-order valence-corrected chi connectivity index (χ0v) is 48.0. The topological polar surface area (TPSA) is 484 Å². The van der Waals surface area contributed by atoms with E-state index in [1.807, 2.05) is 0 Å². The first-order valence-electron chi connectivity index (χ1n) is 23.2. The van der Waals surface area contributed by atoms with Crippen molar-refractivity contribution in [2.24, 2.45) is 5.14 Å². The summed E-state index contributed by atoms with van der Waals surface area (Å²) < 4.78 is 185. The third kappa shape index (κ3) is 12.3. The molecule has 5 aromatic carbocycles. The molecule has 0 aliphatic carbocycles. The molecule has 4 aromatic heterocycles. The number of fused-ring (bicyclic) bond motifs is 20. The largest absolute Gasteiger partial charge is 0.397 e. The van der Waals surface area contributed by atoms with Gasteiger partial charge in [-0.2, -0.15) is 40.2 Å². The van der Waals surface area contributed by atoms with Crippen LogP contribution in [0.4, 0.5) is 17.6 Å². The van der Waals surface area contributed by atoms with Gasteiger partial charge in [-0.3, -0.25) is 13.7 Å². The summed E-state index contributed by atoms with van der Waals surface area (Å²) in [4.78, 5) is 44.7. The van der Waals surface area contributed by atoms with Gasteiger partial charge in [-0.25, -0.2) is 69.2 Å². The van der Waals surface area contributed by atoms with Crippen molar-refractivity contribution in [2.45, 2.75) is 24.5 Å². The zero-order chi connectivity index (χ0) is 59.2. The van der Waals surface area contributed by atoms with Crippen LogP contribution in [0.25, 0.3) is 89.7 Å². The molecule has 0 saturated carbocycles. The monoisotopic (exact) mass is 1330 g/mol. The number of anilines is 3. The molecule has 31 nitrogen and oxygen atoms in total. The van der Waals surface area contributed by atoms with Gasteiger partial charge < -0.3 is 20.6 Å². The second kappa shape index (κ2) is 21.8. The fourth-order valence-corrected chi connectivity index (χ4v) is 12.8. The van der Waals surface area contributed by atoms with Gasteiger partial charge in [-0.15, -0.1) is 0 Å². The Morgan fingerprint density at radius 2 is 0.940 bits per heavy atom. The first kappa shape index (κ1) is 59.5. The molecular formula is C45H34ClCuN15O16S6. The minimum absolute atomic E-state index is 0. The number of rotatable bonds is 16. The van der Waals surface area contributed by atoms with Crippen LogP contribution < -0.4 is 20.5 Å². The van der Waals surface area contributed by atoms with E-state index in [2.05, 4.69) is 49.4 Å². The summed E-state index contributed by atoms with van der Waals surface area (Å²) in [6.07, 6.45) is 0. The van der Waals surface area contributed by atoms with E-state index in [1.165, 1.54) is 72.8 Å². The number of nitrogens with two attached hydrogens (primary N) is 1. The van der Waals surface area contributed by atoms with E-state index < -0.39 is 82.7 Å². The van der Waals surface area contributed by atoms with E-state index in [4.69, 9.17) is 46.2 Å². The van der Waals surface area contributed by atoms with Crippen LogP contribution in [0, 0.1) is 0 Å². The SMILES string of the molecule is NS(=O)(=O)c1ccc2c3nc4nc(nc5[nH]c(nc6nc(nc([nH]3)c2c1)-c1ccc(S(=O)(=O)O)cc1-6)c1ccc(S(=O)(=O)O)cc51)-c1ccc(S(=O)(=O)NCCNc2nc(Cl)nc(Nc3ccc(S(=O)(=O)CCOS(=O)(=O)O)cc3)n2)cc1-4.[Cu]. The van der Waals surface area contributed by atoms with Gasteiger partial charge in [0.2, 0.25) is 37.2 Å². The number of hydrogen-bond donors (Lipinski definition) is 9. The summed E-state index contributed by atoms with van der Waals surface area (Å²) in [7, 11) is -27.2. The number of hydrogen-bond acceptors (Lipinski definition) is 24. The number of primary sulfonamides is 1. The Morgan fingerprint density at radius 3 is 1.48 bits per heavy atom. The van der Waals surface area contributed by atoms with Crippen LogP contribution in [0.1, 0.15) is 0 Å². The van der Waals surface area contributed by atoms with E-state index in [0.717, 1.165) is 24.3 Å². The van der Waals surface area contributed by atoms with Crippen molar-refractivity contribution < 1.29 is 85.4 Å². The Morgan fingerprint density at radius 1 is 0.488 bits per heavy atom. The Balaban J connectivity index is 0.00000786. The van der Waals surface area contributed by atoms with Gasteiger partial charge >= 0.3 is 10.4 Å². The summed E-state index contributed by atoms with van der Waals surface area (Å²) in [6.45, 7) is -1.22. The Bertz CT molecular complexity index is 5150. The number of halogens is 1. The third-order valence-electron chi connectivity index (χ3n) is 12.3. The molecule has 439 valence electrons. The predicted molar refractivity (Wildman–Crippen MR) is 295 cm³/mol. The average molecular weight is 1330 g/mol. The number of nitrogens with one attached hydrogen (secondary N) is 5. The molecule has 0 amide bonds. The van der Waals surface area contributed by atoms with Crippen LogP contribution in [-0.4, -0.2) is 144 Å². The van der Waals surface area contributed by atoms with E-state index in [-0.39, 0.29) is 157 Å². The van der Waals surface area contributed by atoms with Gasteiger partial charge in [-0.05, 0) is 109 Å². The number of aromatic amines is 2. The Labute approximate surface area is 489 Å². The maximum atomic E-state index is 14.0. The molecule has 9 aromatic rings. The van der Waals surface area contributed by atoms with Crippen molar-refractivity contribution in [3.05, 3.63) is 102 Å². The molecule has 84 heavy (non-hydrogen) atoms. The molecule has 0 unspecified atom stereocenters. The molecule has 0 atom stereocenters. The molecule has 6 heterocycles. The maximum Gasteiger partial charge on any atom is 0.397 e. The minimum atomic E-state index is -4.85. The third-order valence-corrected chi connectivity index (χ3v) is 18.7. The molecule has 8 bridgehead atoms. The number of H-pyrrole nitrogens is 2. The van der Waals surface area contributed by atoms with Gasteiger partial charge in [0.05, 0.1) is 36.8 Å². The average Bonchev–Trinajstić information content (AvgIpc) is 3.20. The van der Waals surface area contributed by atoms with E-state index in [0.29, 0.717) is 0 Å². The van der Waals surface area contributed by atoms with Crippen molar-refractivity contribution >= 4 is 134 Å². The van der Waals surface area contributed by atoms with Gasteiger partial charge in [0.1, 0.15) is 22.6 Å². The normalized spacial score (nSPS) is 12.9. The van der Waals surface area contributed by atoms with E-state index in [9.17, 15) is 59.6 Å². The summed E-state index contributed by atoms with van der Waals surface area (Å²) in [6, 6.07) is 19.9. The van der Waals surface area contributed by atoms with E-state index in [1.54, 1.807) is 0 Å². The smallest absolute Gasteiger partial charge is 0.353 e.